The lowest BCUT2D eigenvalue weighted by molar-refractivity contribution is -0.117. The zero-order valence-corrected chi connectivity index (χ0v) is 11.2. The summed E-state index contributed by atoms with van der Waals surface area (Å²) in [6, 6.07) is 0. The first-order valence-corrected chi connectivity index (χ1v) is 7.07. The van der Waals surface area contributed by atoms with Crippen LogP contribution in [0.25, 0.3) is 0 Å². The molecule has 0 unspecified atom stereocenters. The van der Waals surface area contributed by atoms with Crippen molar-refractivity contribution >= 4 is 28.2 Å². The average molecular weight is 267 g/mol. The lowest BCUT2D eigenvalue weighted by Gasteiger charge is -2.09. The summed E-state index contributed by atoms with van der Waals surface area (Å²) in [6.07, 6.45) is 5.15. The third-order valence-corrected chi connectivity index (χ3v) is 4.40. The van der Waals surface area contributed by atoms with Crippen molar-refractivity contribution in [1.82, 2.24) is 0 Å². The Morgan fingerprint density at radius 3 is 2.72 bits per heavy atom. The van der Waals surface area contributed by atoms with E-state index in [1.165, 1.54) is 24.2 Å². The first-order chi connectivity index (χ1) is 8.58. The molecule has 98 valence electrons. The van der Waals surface area contributed by atoms with Crippen LogP contribution < -0.4 is 5.32 Å². The smallest absolute Gasteiger partial charge is 0.338 e. The van der Waals surface area contributed by atoms with E-state index in [0.717, 1.165) is 12.8 Å². The van der Waals surface area contributed by atoms with Crippen molar-refractivity contribution in [2.24, 2.45) is 5.92 Å². The molecule has 0 aromatic carbocycles. The van der Waals surface area contributed by atoms with Crippen LogP contribution in [-0.2, 0) is 4.79 Å². The molecule has 0 spiro atoms. The second-order valence-corrected chi connectivity index (χ2v) is 5.71. The highest BCUT2D eigenvalue weighted by Gasteiger charge is 2.21. The van der Waals surface area contributed by atoms with E-state index in [4.69, 9.17) is 5.11 Å². The van der Waals surface area contributed by atoms with Gasteiger partial charge in [-0.25, -0.2) is 4.79 Å². The summed E-state index contributed by atoms with van der Waals surface area (Å²) in [5.41, 5.74) is 0.920. The van der Waals surface area contributed by atoms with E-state index >= 15 is 0 Å². The van der Waals surface area contributed by atoms with Crippen molar-refractivity contribution in [2.45, 2.75) is 39.0 Å². The number of aromatic carboxylic acids is 1. The van der Waals surface area contributed by atoms with Gasteiger partial charge in [0, 0.05) is 6.42 Å². The number of thiophene rings is 1. The second-order valence-electron chi connectivity index (χ2n) is 4.83. The van der Waals surface area contributed by atoms with Crippen molar-refractivity contribution in [2.75, 3.05) is 5.32 Å². The van der Waals surface area contributed by atoms with E-state index in [9.17, 15) is 9.59 Å². The number of carbonyl (C=O) groups excluding carboxylic acids is 1. The molecule has 0 saturated heterocycles. The maximum Gasteiger partial charge on any atom is 0.338 e. The van der Waals surface area contributed by atoms with Crippen LogP contribution in [0.3, 0.4) is 0 Å². The molecule has 0 radical (unpaired) electrons. The Morgan fingerprint density at radius 1 is 1.44 bits per heavy atom. The highest BCUT2D eigenvalue weighted by atomic mass is 32.1. The predicted molar refractivity (Wildman–Crippen MR) is 71.2 cm³/mol. The topological polar surface area (TPSA) is 66.4 Å². The molecule has 1 aromatic rings. The number of rotatable bonds is 4. The summed E-state index contributed by atoms with van der Waals surface area (Å²) in [5, 5.41) is 14.0. The second kappa shape index (κ2) is 5.52. The minimum absolute atomic E-state index is 0.0637. The lowest BCUT2D eigenvalue weighted by atomic mass is 10.0. The number of amides is 1. The molecular formula is C13H17NO3S. The fraction of sp³-hybridized carbons (Fsp3) is 0.538. The molecule has 1 saturated carbocycles. The Kier molecular flexibility index (Phi) is 4.01. The summed E-state index contributed by atoms with van der Waals surface area (Å²) in [5.74, 6) is -0.574. The molecule has 5 heteroatoms. The minimum atomic E-state index is -0.982. The Hall–Kier alpha value is -1.36. The van der Waals surface area contributed by atoms with Gasteiger partial charge in [0.15, 0.2) is 0 Å². The summed E-state index contributed by atoms with van der Waals surface area (Å²) in [6.45, 7) is 1.74. The van der Waals surface area contributed by atoms with E-state index in [1.54, 1.807) is 12.3 Å². The number of carboxylic acids is 1. The van der Waals surface area contributed by atoms with Crippen molar-refractivity contribution in [3.8, 4) is 0 Å². The number of nitrogens with one attached hydrogen (secondary N) is 1. The van der Waals surface area contributed by atoms with Crippen molar-refractivity contribution in [3.05, 3.63) is 16.5 Å². The van der Waals surface area contributed by atoms with E-state index in [0.29, 0.717) is 22.9 Å². The number of hydrogen-bond acceptors (Lipinski definition) is 3. The Morgan fingerprint density at radius 2 is 2.11 bits per heavy atom. The molecule has 1 amide bonds. The fourth-order valence-corrected chi connectivity index (χ4v) is 3.41. The van der Waals surface area contributed by atoms with Gasteiger partial charge in [0.05, 0.1) is 5.56 Å². The van der Waals surface area contributed by atoms with Gasteiger partial charge < -0.3 is 10.4 Å². The molecule has 1 aliphatic carbocycles. The van der Waals surface area contributed by atoms with Crippen LogP contribution >= 0.6 is 11.3 Å². The standard InChI is InChI=1S/C13H17NO3S/c1-8-7-18-12(11(8)13(16)17)14-10(15)6-9-4-2-3-5-9/h7,9H,2-6H2,1H3,(H,14,15)(H,16,17). The lowest BCUT2D eigenvalue weighted by Crippen LogP contribution is -2.16. The number of carboxylic acid groups (broad SMARTS) is 1. The molecule has 0 atom stereocenters. The average Bonchev–Trinajstić information content (AvgIpc) is 2.88. The first-order valence-electron chi connectivity index (χ1n) is 6.19. The van der Waals surface area contributed by atoms with E-state index < -0.39 is 5.97 Å². The summed E-state index contributed by atoms with van der Waals surface area (Å²) < 4.78 is 0. The van der Waals surface area contributed by atoms with Crippen LogP contribution in [0.4, 0.5) is 5.00 Å². The maximum atomic E-state index is 11.9. The Bertz CT molecular complexity index is 461. The van der Waals surface area contributed by atoms with Gasteiger partial charge in [0.2, 0.25) is 5.91 Å². The normalized spacial score (nSPS) is 15.8. The summed E-state index contributed by atoms with van der Waals surface area (Å²) in [4.78, 5) is 22.9. The molecular weight excluding hydrogens is 250 g/mol. The zero-order chi connectivity index (χ0) is 13.1. The molecule has 1 heterocycles. The van der Waals surface area contributed by atoms with Gasteiger partial charge in [0.25, 0.3) is 0 Å². The van der Waals surface area contributed by atoms with Gasteiger partial charge in [-0.05, 0) is 36.6 Å². The van der Waals surface area contributed by atoms with Gasteiger partial charge in [-0.3, -0.25) is 4.79 Å². The monoisotopic (exact) mass is 267 g/mol. The van der Waals surface area contributed by atoms with Gasteiger partial charge in [-0.1, -0.05) is 12.8 Å². The van der Waals surface area contributed by atoms with Crippen LogP contribution in [0.1, 0.15) is 48.0 Å². The first kappa shape index (κ1) is 13.1. The number of anilines is 1. The molecule has 0 bridgehead atoms. The van der Waals surface area contributed by atoms with Gasteiger partial charge in [-0.2, -0.15) is 0 Å². The molecule has 0 aliphatic heterocycles. The SMILES string of the molecule is Cc1csc(NC(=O)CC2CCCC2)c1C(=O)O. The Labute approximate surface area is 110 Å². The largest absolute Gasteiger partial charge is 0.478 e. The fourth-order valence-electron chi connectivity index (χ4n) is 2.46. The molecule has 18 heavy (non-hydrogen) atoms. The highest BCUT2D eigenvalue weighted by Crippen LogP contribution is 2.30. The number of hydrogen-bond donors (Lipinski definition) is 2. The third-order valence-electron chi connectivity index (χ3n) is 3.39. The van der Waals surface area contributed by atoms with Crippen LogP contribution in [-0.4, -0.2) is 17.0 Å². The van der Waals surface area contributed by atoms with Crippen LogP contribution in [0.2, 0.25) is 0 Å². The quantitative estimate of drug-likeness (QED) is 0.879. The molecule has 1 aliphatic rings. The molecule has 2 N–H and O–H groups in total. The molecule has 2 rings (SSSR count). The van der Waals surface area contributed by atoms with Crippen LogP contribution in [0, 0.1) is 12.8 Å². The molecule has 4 nitrogen and oxygen atoms in total. The van der Waals surface area contributed by atoms with Crippen molar-refractivity contribution in [3.63, 3.8) is 0 Å². The molecule has 1 aromatic heterocycles. The zero-order valence-electron chi connectivity index (χ0n) is 10.4. The number of carbonyl (C=O) groups is 2. The van der Waals surface area contributed by atoms with Gasteiger partial charge in [0.1, 0.15) is 5.00 Å². The highest BCUT2D eigenvalue weighted by molar-refractivity contribution is 7.15. The predicted octanol–water partition coefficient (Wildman–Crippen LogP) is 3.27. The van der Waals surface area contributed by atoms with Gasteiger partial charge >= 0.3 is 5.97 Å². The minimum Gasteiger partial charge on any atom is -0.478 e. The third kappa shape index (κ3) is 2.90. The summed E-state index contributed by atoms with van der Waals surface area (Å²) in [7, 11) is 0. The Balaban J connectivity index is 2.00. The van der Waals surface area contributed by atoms with Crippen LogP contribution in [0.15, 0.2) is 5.38 Å². The van der Waals surface area contributed by atoms with Crippen molar-refractivity contribution in [1.29, 1.82) is 0 Å². The molecule has 1 fully saturated rings. The van der Waals surface area contributed by atoms with Crippen LogP contribution in [0.5, 0.6) is 0 Å². The van der Waals surface area contributed by atoms with Gasteiger partial charge in [-0.15, -0.1) is 11.3 Å². The van der Waals surface area contributed by atoms with Crippen molar-refractivity contribution < 1.29 is 14.7 Å². The van der Waals surface area contributed by atoms with E-state index in [2.05, 4.69) is 5.32 Å². The summed E-state index contributed by atoms with van der Waals surface area (Å²) >= 11 is 1.28. The van der Waals surface area contributed by atoms with E-state index in [1.807, 2.05) is 0 Å². The maximum absolute atomic E-state index is 11.9. The van der Waals surface area contributed by atoms with E-state index in [-0.39, 0.29) is 11.5 Å². The number of aryl methyl sites for hydroxylation is 1.